The average Bonchev–Trinajstić information content (AvgIpc) is 2.95. The van der Waals surface area contributed by atoms with Crippen molar-refractivity contribution in [2.75, 3.05) is 7.05 Å². The number of carbonyl (C=O) groups excluding carboxylic acids is 1. The molecule has 0 saturated carbocycles. The summed E-state index contributed by atoms with van der Waals surface area (Å²) in [6.07, 6.45) is 0.445. The molecule has 168 valence electrons. The van der Waals surface area contributed by atoms with Crippen LogP contribution in [0.3, 0.4) is 0 Å². The van der Waals surface area contributed by atoms with Gasteiger partial charge in [0, 0.05) is 30.2 Å². The first-order valence-electron chi connectivity index (χ1n) is 10.4. The summed E-state index contributed by atoms with van der Waals surface area (Å²) >= 11 is 0. The summed E-state index contributed by atoms with van der Waals surface area (Å²) in [6.45, 7) is 1.70. The number of rotatable bonds is 1. The molecule has 33 heavy (non-hydrogen) atoms. The van der Waals surface area contributed by atoms with Crippen LogP contribution in [0.1, 0.15) is 51.6 Å². The normalized spacial score (nSPS) is 19.9. The number of carbonyl (C=O) groups is 1. The molecule has 2 aliphatic rings. The van der Waals surface area contributed by atoms with Gasteiger partial charge in [-0.3, -0.25) is 19.1 Å². The van der Waals surface area contributed by atoms with Crippen LogP contribution < -0.4 is 11.2 Å². The predicted octanol–water partition coefficient (Wildman–Crippen LogP) is 2.07. The molecule has 2 heterocycles. The Bertz CT molecular complexity index is 1370. The lowest BCUT2D eigenvalue weighted by Gasteiger charge is -2.43. The smallest absolute Gasteiger partial charge is 0.329 e. The van der Waals surface area contributed by atoms with Crippen LogP contribution in [0.4, 0.5) is 8.78 Å². The second kappa shape index (κ2) is 7.30. The monoisotopic (exact) mass is 451 g/mol. The summed E-state index contributed by atoms with van der Waals surface area (Å²) in [5, 5.41) is 10.4. The minimum atomic E-state index is -1.08. The van der Waals surface area contributed by atoms with Gasteiger partial charge >= 0.3 is 5.69 Å². The van der Waals surface area contributed by atoms with Gasteiger partial charge in [-0.05, 0) is 37.0 Å². The molecule has 1 aliphatic heterocycles. The predicted molar refractivity (Wildman–Crippen MR) is 113 cm³/mol. The van der Waals surface area contributed by atoms with Crippen molar-refractivity contribution < 1.29 is 18.7 Å². The second-order valence-electron chi connectivity index (χ2n) is 8.41. The van der Waals surface area contributed by atoms with Crippen molar-refractivity contribution in [2.45, 2.75) is 37.8 Å². The van der Waals surface area contributed by atoms with E-state index in [0.29, 0.717) is 22.3 Å². The van der Waals surface area contributed by atoms with Crippen LogP contribution >= 0.6 is 0 Å². The van der Waals surface area contributed by atoms with Gasteiger partial charge < -0.3 is 10.0 Å². The Morgan fingerprint density at radius 2 is 1.85 bits per heavy atom. The average molecular weight is 451 g/mol. The fraction of sp³-hybridized carbons (Fsp3) is 0.292. The van der Waals surface area contributed by atoms with E-state index < -0.39 is 58.2 Å². The third kappa shape index (κ3) is 2.90. The van der Waals surface area contributed by atoms with E-state index in [0.717, 1.165) is 10.6 Å². The molecule has 1 unspecified atom stereocenters. The molecular formula is C24H19F2N3O4. The molecule has 0 fully saturated rings. The summed E-state index contributed by atoms with van der Waals surface area (Å²) in [5.41, 5.74) is -0.825. The SMILES string of the molecule is C[C@H]1[C@H](C2c3c#ccc(F)c3CCc3c(F)cccc32)n2c(c(O)c(=O)[nH]c2=O)C(=O)N1C. The number of amides is 1. The topological polar surface area (TPSA) is 95.4 Å². The summed E-state index contributed by atoms with van der Waals surface area (Å²) < 4.78 is 30.8. The van der Waals surface area contributed by atoms with Gasteiger partial charge in [-0.15, -0.1) is 0 Å². The summed E-state index contributed by atoms with van der Waals surface area (Å²) in [6, 6.07) is 9.79. The number of benzene rings is 1. The van der Waals surface area contributed by atoms with E-state index in [1.54, 1.807) is 13.0 Å². The fourth-order valence-corrected chi connectivity index (χ4v) is 5.13. The van der Waals surface area contributed by atoms with E-state index in [-0.39, 0.29) is 12.8 Å². The molecule has 0 bridgehead atoms. The third-order valence-electron chi connectivity index (χ3n) is 6.83. The maximum atomic E-state index is 14.9. The van der Waals surface area contributed by atoms with E-state index in [9.17, 15) is 28.3 Å². The molecule has 1 aliphatic carbocycles. The maximum absolute atomic E-state index is 14.9. The number of aromatic nitrogens is 2. The summed E-state index contributed by atoms with van der Waals surface area (Å²) in [5.74, 6) is -3.38. The molecule has 2 aromatic carbocycles. The lowest BCUT2D eigenvalue weighted by atomic mass is 9.79. The van der Waals surface area contributed by atoms with E-state index >= 15 is 0 Å². The Morgan fingerprint density at radius 3 is 2.61 bits per heavy atom. The number of hydrogen-bond donors (Lipinski definition) is 2. The minimum Gasteiger partial charge on any atom is -0.501 e. The number of nitrogens with zero attached hydrogens (tertiary/aromatic N) is 2. The number of aromatic hydroxyl groups is 1. The lowest BCUT2D eigenvalue weighted by Crippen LogP contribution is -2.54. The van der Waals surface area contributed by atoms with Crippen LogP contribution in [-0.4, -0.2) is 38.6 Å². The highest BCUT2D eigenvalue weighted by atomic mass is 19.1. The Morgan fingerprint density at radius 1 is 1.12 bits per heavy atom. The van der Waals surface area contributed by atoms with Gasteiger partial charge in [-0.2, -0.15) is 0 Å². The maximum Gasteiger partial charge on any atom is 0.329 e. The van der Waals surface area contributed by atoms with E-state index in [4.69, 9.17) is 0 Å². The molecule has 5 rings (SSSR count). The van der Waals surface area contributed by atoms with Crippen LogP contribution in [0.25, 0.3) is 0 Å². The van der Waals surface area contributed by atoms with E-state index in [1.807, 2.05) is 4.98 Å². The second-order valence-corrected chi connectivity index (χ2v) is 8.41. The Labute approximate surface area is 186 Å². The standard InChI is InChI=1S/C24H19F2N3O4/c1-11-19(29-20(23(32)28(11)2)21(30)22(31)27-24(29)33)18-14-5-3-7-16(25)12(14)9-10-13-15(18)6-4-8-17(13)26/h3,5,7-8,11,18-19,30H,9-10H2,1-2H3,(H,27,31,33)/t11-,18?,19+/m0/s1. The molecule has 1 aromatic heterocycles. The molecule has 0 saturated heterocycles. The van der Waals surface area contributed by atoms with E-state index in [1.165, 1.54) is 24.1 Å². The number of halogens is 2. The molecule has 2 N–H and O–H groups in total. The molecule has 0 spiro atoms. The first kappa shape index (κ1) is 20.9. The summed E-state index contributed by atoms with van der Waals surface area (Å²) in [4.78, 5) is 41.4. The van der Waals surface area contributed by atoms with Crippen molar-refractivity contribution in [1.82, 2.24) is 14.5 Å². The van der Waals surface area contributed by atoms with Gasteiger partial charge in [-0.25, -0.2) is 13.6 Å². The highest BCUT2D eigenvalue weighted by molar-refractivity contribution is 5.96. The number of fused-ring (bicyclic) bond motifs is 3. The number of H-pyrrole nitrogens is 1. The molecule has 7 nitrogen and oxygen atoms in total. The van der Waals surface area contributed by atoms with Crippen molar-refractivity contribution in [3.05, 3.63) is 96.8 Å². The molecule has 3 atom stereocenters. The Kier molecular flexibility index (Phi) is 4.64. The zero-order chi connectivity index (χ0) is 23.6. The van der Waals surface area contributed by atoms with Gasteiger partial charge in [0.15, 0.2) is 5.69 Å². The largest absolute Gasteiger partial charge is 0.501 e. The lowest BCUT2D eigenvalue weighted by molar-refractivity contribution is 0.0583. The molecule has 9 heteroatoms. The van der Waals surface area contributed by atoms with Crippen molar-refractivity contribution >= 4 is 5.91 Å². The highest BCUT2D eigenvalue weighted by Crippen LogP contribution is 2.45. The Balaban J connectivity index is 1.90. The van der Waals surface area contributed by atoms with E-state index in [2.05, 4.69) is 12.1 Å². The van der Waals surface area contributed by atoms with Crippen molar-refractivity contribution in [2.24, 2.45) is 0 Å². The zero-order valence-electron chi connectivity index (χ0n) is 17.8. The van der Waals surface area contributed by atoms with Crippen LogP contribution in [0, 0.1) is 23.8 Å². The zero-order valence-corrected chi connectivity index (χ0v) is 17.8. The van der Waals surface area contributed by atoms with Gasteiger partial charge in [0.05, 0.1) is 12.1 Å². The van der Waals surface area contributed by atoms with Crippen LogP contribution in [0.15, 0.2) is 33.9 Å². The molecule has 0 radical (unpaired) electrons. The first-order valence-corrected chi connectivity index (χ1v) is 10.4. The number of nitrogens with one attached hydrogen (secondary N) is 1. The molecule has 3 aromatic rings. The van der Waals surface area contributed by atoms with Gasteiger partial charge in [0.1, 0.15) is 11.6 Å². The van der Waals surface area contributed by atoms with Crippen molar-refractivity contribution in [3.8, 4) is 5.75 Å². The van der Waals surface area contributed by atoms with Gasteiger partial charge in [0.25, 0.3) is 11.5 Å². The first-order chi connectivity index (χ1) is 15.7. The Hall–Kier alpha value is -3.93. The van der Waals surface area contributed by atoms with Crippen LogP contribution in [0.5, 0.6) is 5.75 Å². The minimum absolute atomic E-state index is 0.214. The van der Waals surface area contributed by atoms with Gasteiger partial charge in [0.2, 0.25) is 5.75 Å². The van der Waals surface area contributed by atoms with Gasteiger partial charge in [-0.1, -0.05) is 24.3 Å². The van der Waals surface area contributed by atoms with Crippen molar-refractivity contribution in [3.63, 3.8) is 0 Å². The molecular weight excluding hydrogens is 432 g/mol. The number of likely N-dealkylation sites (N-methyl/N-ethyl adjacent to an activating group) is 1. The van der Waals surface area contributed by atoms with Crippen molar-refractivity contribution in [1.29, 1.82) is 0 Å². The summed E-state index contributed by atoms with van der Waals surface area (Å²) in [7, 11) is 1.49. The van der Waals surface area contributed by atoms with Crippen LogP contribution in [-0.2, 0) is 12.8 Å². The quantitative estimate of drug-likeness (QED) is 0.592. The fourth-order valence-electron chi connectivity index (χ4n) is 5.13. The highest BCUT2D eigenvalue weighted by Gasteiger charge is 2.45. The number of aromatic amines is 1. The molecule has 1 amide bonds. The number of hydrogen-bond acceptors (Lipinski definition) is 4. The third-order valence-corrected chi connectivity index (χ3v) is 6.83. The van der Waals surface area contributed by atoms with Crippen LogP contribution in [0.2, 0.25) is 0 Å².